The first-order chi connectivity index (χ1) is 2.83. The monoisotopic (exact) mass is 203 g/mol. The molecular formula is H4CuLi2N2O2P2. The van der Waals surface area contributed by atoms with Crippen LogP contribution in [0.3, 0.4) is 0 Å². The molecule has 0 aliphatic rings. The van der Waals surface area contributed by atoms with Crippen molar-refractivity contribution >= 4 is 18.9 Å². The van der Waals surface area contributed by atoms with Crippen molar-refractivity contribution in [3.05, 3.63) is 11.8 Å². The standard InChI is InChI=1S/Cu.2Li.2H2NOP/c;;;2*1-2-3/h;;;2*3H2/q+2;2*+1;2*-2. The van der Waals surface area contributed by atoms with Gasteiger partial charge in [-0.2, -0.15) is 0 Å². The van der Waals surface area contributed by atoms with Crippen LogP contribution >= 0.6 is 18.9 Å². The van der Waals surface area contributed by atoms with Crippen LogP contribution < -0.4 is 37.7 Å². The van der Waals surface area contributed by atoms with E-state index in [0.29, 0.717) is 0 Å². The molecule has 0 spiro atoms. The third kappa shape index (κ3) is 126. The van der Waals surface area contributed by atoms with Gasteiger partial charge in [0.2, 0.25) is 0 Å². The predicted molar refractivity (Wildman–Crippen MR) is 28.3 cm³/mol. The Morgan fingerprint density at radius 1 is 0.889 bits per heavy atom. The zero-order valence-electron chi connectivity index (χ0n) is 5.17. The summed E-state index contributed by atoms with van der Waals surface area (Å²) in [5, 5.41) is 0. The summed E-state index contributed by atoms with van der Waals surface area (Å²) in [5.41, 5.74) is 0. The minimum Gasteiger partial charge on any atom is -1.42 e. The molecular weight excluding hydrogens is 199 g/mol. The number of rotatable bonds is 0. The van der Waals surface area contributed by atoms with Crippen LogP contribution in [0.25, 0.3) is 11.8 Å². The molecule has 0 heterocycles. The van der Waals surface area contributed by atoms with Crippen molar-refractivity contribution < 1.29 is 64.0 Å². The predicted octanol–water partition coefficient (Wildman–Crippen LogP) is -4.90. The first-order valence-electron chi connectivity index (χ1n) is 0.837. The van der Waals surface area contributed by atoms with E-state index >= 15 is 0 Å². The van der Waals surface area contributed by atoms with Crippen LogP contribution in [0, 0.1) is 0 Å². The van der Waals surface area contributed by atoms with Crippen molar-refractivity contribution in [1.29, 1.82) is 0 Å². The van der Waals surface area contributed by atoms with Gasteiger partial charge in [-0.15, -0.1) is 0 Å². The molecule has 0 aromatic carbocycles. The van der Waals surface area contributed by atoms with E-state index in [1.54, 1.807) is 18.9 Å². The molecule has 0 bridgehead atoms. The van der Waals surface area contributed by atoms with Crippen molar-refractivity contribution in [3.63, 3.8) is 0 Å². The summed E-state index contributed by atoms with van der Waals surface area (Å²) in [6, 6.07) is 0. The molecule has 0 aliphatic carbocycles. The van der Waals surface area contributed by atoms with Gasteiger partial charge in [-0.25, -0.2) is 0 Å². The van der Waals surface area contributed by atoms with Crippen LogP contribution in [0.4, 0.5) is 0 Å². The number of hydrogen-bond donors (Lipinski definition) is 0. The van der Waals surface area contributed by atoms with Crippen molar-refractivity contribution in [2.45, 2.75) is 0 Å². The summed E-state index contributed by atoms with van der Waals surface area (Å²) < 4.78 is 6.33. The molecule has 49 valence electrons. The average Bonchev–Trinajstić information content (AvgIpc) is 1.39. The van der Waals surface area contributed by atoms with E-state index in [1.165, 1.54) is 0 Å². The number of hydrogen-bond acceptors (Lipinski definition) is 2. The first-order valence-corrected chi connectivity index (χ1v) is 1.78. The van der Waals surface area contributed by atoms with Crippen LogP contribution in [0.1, 0.15) is 0 Å². The van der Waals surface area contributed by atoms with E-state index in [1.807, 2.05) is 0 Å². The van der Waals surface area contributed by atoms with Gasteiger partial charge in [-0.05, 0) is 0 Å². The summed E-state index contributed by atoms with van der Waals surface area (Å²) >= 11 is 0. The van der Waals surface area contributed by atoms with Gasteiger partial charge in [0.25, 0.3) is 0 Å². The average molecular weight is 203 g/mol. The van der Waals surface area contributed by atoms with Crippen LogP contribution in [-0.4, -0.2) is 0 Å². The summed E-state index contributed by atoms with van der Waals surface area (Å²) in [6.45, 7) is 0. The van der Waals surface area contributed by atoms with E-state index < -0.39 is 0 Å². The molecule has 0 rings (SSSR count). The molecule has 9 heteroatoms. The largest absolute Gasteiger partial charge is 2.00 e. The van der Waals surface area contributed by atoms with Gasteiger partial charge < -0.3 is 21.0 Å². The molecule has 2 atom stereocenters. The van der Waals surface area contributed by atoms with E-state index in [-0.39, 0.29) is 54.8 Å². The van der Waals surface area contributed by atoms with Crippen LogP contribution in [0.2, 0.25) is 0 Å². The fourth-order valence-electron chi connectivity index (χ4n) is 0. The Kier molecular flexibility index (Phi) is 158. The topological polar surface area (TPSA) is 63.1 Å². The van der Waals surface area contributed by atoms with Crippen LogP contribution in [-0.2, 0) is 26.3 Å². The maximum Gasteiger partial charge on any atom is 2.00 e. The van der Waals surface area contributed by atoms with E-state index in [2.05, 4.69) is 9.25 Å². The van der Waals surface area contributed by atoms with Gasteiger partial charge in [-0.1, -0.05) is 18.9 Å². The van der Waals surface area contributed by atoms with Crippen molar-refractivity contribution in [2.75, 3.05) is 0 Å². The molecule has 0 saturated heterocycles. The zero-order valence-corrected chi connectivity index (χ0v) is 8.42. The van der Waals surface area contributed by atoms with Crippen LogP contribution in [0.15, 0.2) is 0 Å². The second-order valence-corrected chi connectivity index (χ2v) is 0.632. The Bertz CT molecular complexity index is 22.5. The van der Waals surface area contributed by atoms with Crippen LogP contribution in [0.5, 0.6) is 0 Å². The molecule has 0 aliphatic heterocycles. The Balaban J connectivity index is -0.00000000889. The quantitative estimate of drug-likeness (QED) is 0.225. The van der Waals surface area contributed by atoms with Crippen molar-refractivity contribution in [1.82, 2.24) is 0 Å². The molecule has 1 radical (unpaired) electrons. The van der Waals surface area contributed by atoms with Gasteiger partial charge >= 0.3 is 54.8 Å². The minimum atomic E-state index is 0. The molecule has 0 amide bonds. The fourth-order valence-corrected chi connectivity index (χ4v) is 0. The molecule has 0 saturated carbocycles. The van der Waals surface area contributed by atoms with Gasteiger partial charge in [0.05, 0.1) is 0 Å². The second kappa shape index (κ2) is 47.4. The molecule has 4 nitrogen and oxygen atoms in total. The Hall–Kier alpha value is 2.41. The first kappa shape index (κ1) is 30.1. The van der Waals surface area contributed by atoms with Gasteiger partial charge in [0.1, 0.15) is 0 Å². The van der Waals surface area contributed by atoms with Gasteiger partial charge in [-0.3, -0.25) is 0 Å². The molecule has 0 aromatic heterocycles. The maximum absolute atomic E-state index is 7.03. The normalized spacial score (nSPS) is 4.00. The summed E-state index contributed by atoms with van der Waals surface area (Å²) in [5.74, 6) is 14.1. The van der Waals surface area contributed by atoms with E-state index in [4.69, 9.17) is 11.8 Å². The van der Waals surface area contributed by atoms with E-state index in [9.17, 15) is 0 Å². The fraction of sp³-hybridized carbons (Fsp3) is 0. The van der Waals surface area contributed by atoms with Gasteiger partial charge in [0.15, 0.2) is 0 Å². The molecule has 0 aromatic rings. The summed E-state index contributed by atoms with van der Waals surface area (Å²) in [7, 11) is 3.27. The Labute approximate surface area is 94.2 Å². The third-order valence-electron chi connectivity index (χ3n) is 0. The summed E-state index contributed by atoms with van der Waals surface area (Å²) in [6.07, 6.45) is 0. The maximum atomic E-state index is 7.03. The third-order valence-corrected chi connectivity index (χ3v) is 0. The molecule has 0 fully saturated rings. The smallest absolute Gasteiger partial charge is 1.42 e. The molecule has 9 heavy (non-hydrogen) atoms. The molecule has 0 N–H and O–H groups in total. The van der Waals surface area contributed by atoms with Gasteiger partial charge in [0, 0.05) is 0 Å². The van der Waals surface area contributed by atoms with Crippen molar-refractivity contribution in [3.8, 4) is 0 Å². The number of nitrogens with zero attached hydrogens (tertiary/aromatic N) is 2. The Morgan fingerprint density at radius 2 is 0.889 bits per heavy atom. The Morgan fingerprint density at radius 3 is 0.889 bits per heavy atom. The van der Waals surface area contributed by atoms with Crippen molar-refractivity contribution in [2.24, 2.45) is 0 Å². The second-order valence-electron chi connectivity index (χ2n) is 0.211. The molecule has 2 unspecified atom stereocenters. The zero-order chi connectivity index (χ0) is 5.41. The minimum absolute atomic E-state index is 0. The SMILES string of the molecule is [Cu+2].[Li+].[Li+].[N-2]OP.[N-2]OP. The van der Waals surface area contributed by atoms with E-state index in [0.717, 1.165) is 0 Å². The summed E-state index contributed by atoms with van der Waals surface area (Å²) in [4.78, 5) is 0.